The Morgan fingerprint density at radius 1 is 1.25 bits per heavy atom. The van der Waals surface area contributed by atoms with Crippen molar-refractivity contribution in [2.24, 2.45) is 0 Å². The summed E-state index contributed by atoms with van der Waals surface area (Å²) in [5.41, 5.74) is 2.44. The van der Waals surface area contributed by atoms with Gasteiger partial charge < -0.3 is 14.5 Å². The van der Waals surface area contributed by atoms with Crippen LogP contribution in [0.15, 0.2) is 51.9 Å². The lowest BCUT2D eigenvalue weighted by molar-refractivity contribution is -0.122. The van der Waals surface area contributed by atoms with Gasteiger partial charge in [0.25, 0.3) is 5.56 Å². The quantitative estimate of drug-likeness (QED) is 0.553. The average molecular weight is 380 g/mol. The maximum atomic E-state index is 12.8. The molecule has 8 heteroatoms. The molecule has 28 heavy (non-hydrogen) atoms. The highest BCUT2D eigenvalue weighted by atomic mass is 16.5. The SMILES string of the molecule is CCc1nn(CC(=O)NCc2cccc(OC)c2)c(=O)c2cc3occc3n12. The molecule has 0 fully saturated rings. The fourth-order valence-electron chi connectivity index (χ4n) is 3.23. The first kappa shape index (κ1) is 17.8. The van der Waals surface area contributed by atoms with Crippen LogP contribution in [0.2, 0.25) is 0 Å². The lowest BCUT2D eigenvalue weighted by atomic mass is 10.2. The van der Waals surface area contributed by atoms with Crippen molar-refractivity contribution in [1.29, 1.82) is 0 Å². The average Bonchev–Trinajstić information content (AvgIpc) is 3.30. The number of nitrogens with zero attached hydrogens (tertiary/aromatic N) is 3. The predicted molar refractivity (Wildman–Crippen MR) is 103 cm³/mol. The van der Waals surface area contributed by atoms with Gasteiger partial charge in [0, 0.05) is 25.1 Å². The van der Waals surface area contributed by atoms with Crippen LogP contribution in [0, 0.1) is 0 Å². The summed E-state index contributed by atoms with van der Waals surface area (Å²) in [6, 6.07) is 10.9. The van der Waals surface area contributed by atoms with Crippen LogP contribution in [0.1, 0.15) is 18.3 Å². The molecule has 0 aliphatic rings. The topological polar surface area (TPSA) is 90.8 Å². The van der Waals surface area contributed by atoms with Crippen molar-refractivity contribution in [1.82, 2.24) is 19.5 Å². The van der Waals surface area contributed by atoms with Crippen LogP contribution >= 0.6 is 0 Å². The van der Waals surface area contributed by atoms with Crippen LogP contribution in [0.3, 0.4) is 0 Å². The van der Waals surface area contributed by atoms with E-state index in [4.69, 9.17) is 9.15 Å². The predicted octanol–water partition coefficient (Wildman–Crippen LogP) is 2.13. The first-order chi connectivity index (χ1) is 13.6. The van der Waals surface area contributed by atoms with Crippen LogP contribution < -0.4 is 15.6 Å². The Bertz CT molecular complexity index is 1220. The molecule has 1 amide bonds. The van der Waals surface area contributed by atoms with Gasteiger partial charge in [-0.1, -0.05) is 19.1 Å². The molecule has 0 unspecified atom stereocenters. The number of rotatable bonds is 6. The fourth-order valence-corrected chi connectivity index (χ4v) is 3.23. The van der Waals surface area contributed by atoms with Crippen LogP contribution in [0.5, 0.6) is 5.75 Å². The monoisotopic (exact) mass is 380 g/mol. The summed E-state index contributed by atoms with van der Waals surface area (Å²) in [6.45, 7) is 2.13. The highest BCUT2D eigenvalue weighted by Crippen LogP contribution is 2.20. The van der Waals surface area contributed by atoms with E-state index >= 15 is 0 Å². The molecule has 144 valence electrons. The lowest BCUT2D eigenvalue weighted by Gasteiger charge is -2.10. The fraction of sp³-hybridized carbons (Fsp3) is 0.250. The Morgan fingerprint density at radius 2 is 2.11 bits per heavy atom. The zero-order valence-electron chi connectivity index (χ0n) is 15.6. The molecule has 0 aliphatic heterocycles. The molecule has 4 rings (SSSR count). The van der Waals surface area contributed by atoms with Crippen LogP contribution in [0.25, 0.3) is 16.6 Å². The van der Waals surface area contributed by atoms with E-state index in [1.807, 2.05) is 31.2 Å². The molecule has 0 saturated carbocycles. The molecule has 3 aromatic heterocycles. The second-order valence-corrected chi connectivity index (χ2v) is 6.40. The van der Waals surface area contributed by atoms with Crippen molar-refractivity contribution < 1.29 is 13.9 Å². The van der Waals surface area contributed by atoms with Crippen molar-refractivity contribution in [3.05, 3.63) is 64.4 Å². The van der Waals surface area contributed by atoms with Crippen molar-refractivity contribution in [2.75, 3.05) is 7.11 Å². The number of hydrogen-bond acceptors (Lipinski definition) is 5. The van der Waals surface area contributed by atoms with Gasteiger partial charge in [-0.15, -0.1) is 0 Å². The summed E-state index contributed by atoms with van der Waals surface area (Å²) >= 11 is 0. The minimum atomic E-state index is -0.333. The molecular formula is C20H20N4O4. The molecule has 0 radical (unpaired) electrons. The molecule has 0 aliphatic carbocycles. The second kappa shape index (κ2) is 7.22. The van der Waals surface area contributed by atoms with Gasteiger partial charge in [0.1, 0.15) is 23.6 Å². The number of carbonyl (C=O) groups is 1. The largest absolute Gasteiger partial charge is 0.497 e. The number of amides is 1. The maximum absolute atomic E-state index is 12.8. The number of aromatic nitrogens is 3. The summed E-state index contributed by atoms with van der Waals surface area (Å²) in [6.07, 6.45) is 2.19. The smallest absolute Gasteiger partial charge is 0.291 e. The Hall–Kier alpha value is -3.55. The number of aryl methyl sites for hydroxylation is 1. The maximum Gasteiger partial charge on any atom is 0.291 e. The van der Waals surface area contributed by atoms with Gasteiger partial charge >= 0.3 is 0 Å². The van der Waals surface area contributed by atoms with Crippen molar-refractivity contribution in [2.45, 2.75) is 26.4 Å². The highest BCUT2D eigenvalue weighted by molar-refractivity contribution is 5.82. The molecule has 8 nitrogen and oxygen atoms in total. The highest BCUT2D eigenvalue weighted by Gasteiger charge is 2.16. The first-order valence-electron chi connectivity index (χ1n) is 8.99. The molecule has 0 atom stereocenters. The third-order valence-corrected chi connectivity index (χ3v) is 4.60. The van der Waals surface area contributed by atoms with Crippen molar-refractivity contribution in [3.63, 3.8) is 0 Å². The molecular weight excluding hydrogens is 360 g/mol. The van der Waals surface area contributed by atoms with E-state index in [0.29, 0.717) is 29.9 Å². The summed E-state index contributed by atoms with van der Waals surface area (Å²) in [5, 5.41) is 7.20. The summed E-state index contributed by atoms with van der Waals surface area (Å²) in [7, 11) is 1.59. The molecule has 1 N–H and O–H groups in total. The van der Waals surface area contributed by atoms with Crippen LogP contribution in [-0.4, -0.2) is 27.2 Å². The number of benzene rings is 1. The Kier molecular flexibility index (Phi) is 4.60. The second-order valence-electron chi connectivity index (χ2n) is 6.40. The van der Waals surface area contributed by atoms with E-state index in [1.165, 1.54) is 4.68 Å². The van der Waals surface area contributed by atoms with E-state index in [2.05, 4.69) is 10.4 Å². The lowest BCUT2D eigenvalue weighted by Crippen LogP contribution is -2.35. The van der Waals surface area contributed by atoms with E-state index in [1.54, 1.807) is 29.9 Å². The van der Waals surface area contributed by atoms with E-state index in [9.17, 15) is 9.59 Å². The first-order valence-corrected chi connectivity index (χ1v) is 8.99. The van der Waals surface area contributed by atoms with E-state index in [-0.39, 0.29) is 18.0 Å². The normalized spacial score (nSPS) is 11.2. The van der Waals surface area contributed by atoms with Gasteiger partial charge in [0.05, 0.1) is 18.9 Å². The molecule has 1 aromatic carbocycles. The van der Waals surface area contributed by atoms with Crippen molar-refractivity contribution in [3.8, 4) is 5.75 Å². The number of nitrogens with one attached hydrogen (secondary N) is 1. The van der Waals surface area contributed by atoms with Gasteiger partial charge in [0.15, 0.2) is 5.58 Å². The van der Waals surface area contributed by atoms with Gasteiger partial charge in [-0.2, -0.15) is 5.10 Å². The molecule has 0 spiro atoms. The number of hydrogen-bond donors (Lipinski definition) is 1. The number of fused-ring (bicyclic) bond motifs is 3. The molecule has 0 bridgehead atoms. The van der Waals surface area contributed by atoms with Crippen molar-refractivity contribution >= 4 is 22.5 Å². The molecule has 4 aromatic rings. The summed E-state index contributed by atoms with van der Waals surface area (Å²) < 4.78 is 13.6. The third-order valence-electron chi connectivity index (χ3n) is 4.60. The number of ether oxygens (including phenoxy) is 1. The Morgan fingerprint density at radius 3 is 2.89 bits per heavy atom. The third kappa shape index (κ3) is 3.13. The standard InChI is InChI=1S/C20H20N4O4/c1-3-18-22-23(20(26)16-10-17-15(24(16)18)7-8-28-17)12-19(25)21-11-13-5-4-6-14(9-13)27-2/h4-10H,3,11-12H2,1-2H3,(H,21,25). The molecule has 0 saturated heterocycles. The van der Waals surface area contributed by atoms with Gasteiger partial charge in [-0.3, -0.25) is 14.0 Å². The van der Waals surface area contributed by atoms with Crippen LogP contribution in [0.4, 0.5) is 0 Å². The number of furan rings is 1. The minimum Gasteiger partial charge on any atom is -0.497 e. The van der Waals surface area contributed by atoms with E-state index in [0.717, 1.165) is 16.8 Å². The Balaban J connectivity index is 1.57. The minimum absolute atomic E-state index is 0.154. The summed E-state index contributed by atoms with van der Waals surface area (Å²) in [5.74, 6) is 1.12. The van der Waals surface area contributed by atoms with E-state index < -0.39 is 0 Å². The molecule has 3 heterocycles. The van der Waals surface area contributed by atoms with Gasteiger partial charge in [-0.05, 0) is 17.7 Å². The zero-order chi connectivity index (χ0) is 19.7. The van der Waals surface area contributed by atoms with Gasteiger partial charge in [0.2, 0.25) is 5.91 Å². The summed E-state index contributed by atoms with van der Waals surface area (Å²) in [4.78, 5) is 25.2. The number of methoxy groups -OCH3 is 1. The number of carbonyl (C=O) groups excluding carboxylic acids is 1. The van der Waals surface area contributed by atoms with Gasteiger partial charge in [-0.25, -0.2) is 4.68 Å². The van der Waals surface area contributed by atoms with Crippen LogP contribution in [-0.2, 0) is 24.3 Å². The zero-order valence-corrected chi connectivity index (χ0v) is 15.6. The Labute approximate surface area is 160 Å².